The fourth-order valence-corrected chi connectivity index (χ4v) is 2.62. The molecule has 1 unspecified atom stereocenters. The van der Waals surface area contributed by atoms with Gasteiger partial charge >= 0.3 is 0 Å². The van der Waals surface area contributed by atoms with Gasteiger partial charge in [-0.3, -0.25) is 0 Å². The summed E-state index contributed by atoms with van der Waals surface area (Å²) in [6.07, 6.45) is 5.03. The molecule has 2 rings (SSSR count). The average Bonchev–Trinajstić information content (AvgIpc) is 2.84. The maximum atomic E-state index is 13.4. The third-order valence-electron chi connectivity index (χ3n) is 3.68. The Morgan fingerprint density at radius 1 is 1.24 bits per heavy atom. The predicted molar refractivity (Wildman–Crippen MR) is 62.6 cm³/mol. The summed E-state index contributed by atoms with van der Waals surface area (Å²) < 4.78 is 26.3. The number of aliphatic hydroxyl groups excluding tert-OH is 1. The van der Waals surface area contributed by atoms with Crippen LogP contribution in [0.3, 0.4) is 0 Å². The van der Waals surface area contributed by atoms with Gasteiger partial charge in [-0.2, -0.15) is 0 Å². The molecule has 1 aliphatic carbocycles. The molecule has 1 nitrogen and oxygen atoms in total. The number of benzene rings is 1. The van der Waals surface area contributed by atoms with Gasteiger partial charge in [-0.1, -0.05) is 25.0 Å². The van der Waals surface area contributed by atoms with Crippen LogP contribution in [0.1, 0.15) is 37.7 Å². The first-order valence-electron chi connectivity index (χ1n) is 6.29. The molecule has 1 aromatic rings. The summed E-state index contributed by atoms with van der Waals surface area (Å²) in [5.74, 6) is -1.23. The summed E-state index contributed by atoms with van der Waals surface area (Å²) in [5.41, 5.74) is 0.363. The predicted octanol–water partition coefficient (Wildman–Crippen LogP) is 3.45. The van der Waals surface area contributed by atoms with Crippen LogP contribution in [0.15, 0.2) is 18.2 Å². The second-order valence-corrected chi connectivity index (χ2v) is 4.86. The van der Waals surface area contributed by atoms with E-state index >= 15 is 0 Å². The van der Waals surface area contributed by atoms with Crippen LogP contribution in [-0.4, -0.2) is 11.2 Å². The molecular weight excluding hydrogens is 222 g/mol. The van der Waals surface area contributed by atoms with Gasteiger partial charge in [0.2, 0.25) is 0 Å². The first kappa shape index (κ1) is 12.5. The third-order valence-corrected chi connectivity index (χ3v) is 3.68. The van der Waals surface area contributed by atoms with E-state index in [1.54, 1.807) is 6.07 Å². The summed E-state index contributed by atoms with van der Waals surface area (Å²) in [6, 6.07) is 4.21. The van der Waals surface area contributed by atoms with E-state index < -0.39 is 11.6 Å². The fourth-order valence-electron chi connectivity index (χ4n) is 2.62. The highest BCUT2D eigenvalue weighted by Gasteiger charge is 2.23. The highest BCUT2D eigenvalue weighted by molar-refractivity contribution is 5.19. The first-order valence-corrected chi connectivity index (χ1v) is 6.29. The molecule has 0 spiro atoms. The van der Waals surface area contributed by atoms with Crippen molar-refractivity contribution in [3.63, 3.8) is 0 Å². The lowest BCUT2D eigenvalue weighted by atomic mass is 9.95. The Labute approximate surface area is 100 Å². The standard InChI is InChI=1S/C14H18F2O/c15-12-7-3-6-11(14(12)16)8-9-13(17)10-4-1-2-5-10/h3,6-7,10,13,17H,1-2,4-5,8-9H2. The van der Waals surface area contributed by atoms with Gasteiger partial charge in [-0.05, 0) is 43.2 Å². The molecule has 0 saturated heterocycles. The monoisotopic (exact) mass is 240 g/mol. The molecule has 17 heavy (non-hydrogen) atoms. The number of aliphatic hydroxyl groups is 1. The largest absolute Gasteiger partial charge is 0.393 e. The van der Waals surface area contributed by atoms with Crippen LogP contribution in [0.25, 0.3) is 0 Å². The van der Waals surface area contributed by atoms with Gasteiger partial charge in [0.05, 0.1) is 6.10 Å². The van der Waals surface area contributed by atoms with Crippen LogP contribution in [0.4, 0.5) is 8.78 Å². The molecule has 1 aliphatic rings. The molecule has 1 aromatic carbocycles. The van der Waals surface area contributed by atoms with Gasteiger partial charge < -0.3 is 5.11 Å². The first-order chi connectivity index (χ1) is 8.18. The van der Waals surface area contributed by atoms with Crippen molar-refractivity contribution in [2.24, 2.45) is 5.92 Å². The van der Waals surface area contributed by atoms with Gasteiger partial charge in [0.1, 0.15) is 0 Å². The van der Waals surface area contributed by atoms with E-state index in [4.69, 9.17) is 0 Å². The van der Waals surface area contributed by atoms with Crippen LogP contribution < -0.4 is 0 Å². The summed E-state index contributed by atoms with van der Waals surface area (Å²) >= 11 is 0. The molecule has 94 valence electrons. The van der Waals surface area contributed by atoms with E-state index in [0.717, 1.165) is 18.9 Å². The SMILES string of the molecule is OC(CCc1cccc(F)c1F)C1CCCC1. The molecule has 1 saturated carbocycles. The summed E-state index contributed by atoms with van der Waals surface area (Å²) in [5, 5.41) is 9.95. The minimum Gasteiger partial charge on any atom is -0.393 e. The highest BCUT2D eigenvalue weighted by atomic mass is 19.2. The minimum atomic E-state index is -0.808. The Morgan fingerprint density at radius 2 is 1.94 bits per heavy atom. The van der Waals surface area contributed by atoms with Crippen LogP contribution in [0.2, 0.25) is 0 Å². The number of halogens is 2. The second-order valence-electron chi connectivity index (χ2n) is 4.86. The van der Waals surface area contributed by atoms with Crippen molar-refractivity contribution in [3.05, 3.63) is 35.4 Å². The lowest BCUT2D eigenvalue weighted by Gasteiger charge is -2.17. The topological polar surface area (TPSA) is 20.2 Å². The number of rotatable bonds is 4. The van der Waals surface area contributed by atoms with Crippen molar-refractivity contribution in [1.82, 2.24) is 0 Å². The minimum absolute atomic E-state index is 0.353. The van der Waals surface area contributed by atoms with Crippen LogP contribution in [0.5, 0.6) is 0 Å². The Balaban J connectivity index is 1.90. The zero-order chi connectivity index (χ0) is 12.3. The van der Waals surface area contributed by atoms with Crippen molar-refractivity contribution < 1.29 is 13.9 Å². The molecule has 1 atom stereocenters. The molecule has 0 aliphatic heterocycles. The van der Waals surface area contributed by atoms with Gasteiger partial charge in [0.15, 0.2) is 11.6 Å². The van der Waals surface area contributed by atoms with Gasteiger partial charge in [-0.25, -0.2) is 8.78 Å². The molecular formula is C14H18F2O. The maximum absolute atomic E-state index is 13.4. The van der Waals surface area contributed by atoms with E-state index in [0.29, 0.717) is 24.3 Å². The highest BCUT2D eigenvalue weighted by Crippen LogP contribution is 2.29. The summed E-state index contributed by atoms with van der Waals surface area (Å²) in [7, 11) is 0. The summed E-state index contributed by atoms with van der Waals surface area (Å²) in [4.78, 5) is 0. The molecule has 0 aromatic heterocycles. The normalized spacial score (nSPS) is 18.5. The van der Waals surface area contributed by atoms with Crippen LogP contribution in [0, 0.1) is 17.6 Å². The van der Waals surface area contributed by atoms with Gasteiger partial charge in [-0.15, -0.1) is 0 Å². The second kappa shape index (κ2) is 5.58. The molecule has 0 heterocycles. The van der Waals surface area contributed by atoms with Crippen molar-refractivity contribution >= 4 is 0 Å². The lowest BCUT2D eigenvalue weighted by Crippen LogP contribution is -2.18. The quantitative estimate of drug-likeness (QED) is 0.854. The zero-order valence-corrected chi connectivity index (χ0v) is 9.83. The average molecular weight is 240 g/mol. The fraction of sp³-hybridized carbons (Fsp3) is 0.571. The Morgan fingerprint density at radius 3 is 2.65 bits per heavy atom. The van der Waals surface area contributed by atoms with Crippen LogP contribution in [-0.2, 0) is 6.42 Å². The van der Waals surface area contributed by atoms with E-state index in [-0.39, 0.29) is 6.10 Å². The molecule has 3 heteroatoms. The van der Waals surface area contributed by atoms with E-state index in [2.05, 4.69) is 0 Å². The van der Waals surface area contributed by atoms with Crippen LogP contribution >= 0.6 is 0 Å². The lowest BCUT2D eigenvalue weighted by molar-refractivity contribution is 0.102. The number of aryl methyl sites for hydroxylation is 1. The maximum Gasteiger partial charge on any atom is 0.162 e. The molecule has 1 fully saturated rings. The Hall–Kier alpha value is -0.960. The van der Waals surface area contributed by atoms with E-state index in [1.807, 2.05) is 0 Å². The van der Waals surface area contributed by atoms with Crippen molar-refractivity contribution in [2.45, 2.75) is 44.6 Å². The molecule has 1 N–H and O–H groups in total. The van der Waals surface area contributed by atoms with E-state index in [1.165, 1.54) is 18.9 Å². The number of hydrogen-bond acceptors (Lipinski definition) is 1. The molecule has 0 amide bonds. The molecule has 0 radical (unpaired) electrons. The number of hydrogen-bond donors (Lipinski definition) is 1. The van der Waals surface area contributed by atoms with Gasteiger partial charge in [0, 0.05) is 0 Å². The van der Waals surface area contributed by atoms with Crippen molar-refractivity contribution in [1.29, 1.82) is 0 Å². The zero-order valence-electron chi connectivity index (χ0n) is 9.83. The van der Waals surface area contributed by atoms with Gasteiger partial charge in [0.25, 0.3) is 0 Å². The van der Waals surface area contributed by atoms with Crippen molar-refractivity contribution in [2.75, 3.05) is 0 Å². The Kier molecular flexibility index (Phi) is 4.11. The van der Waals surface area contributed by atoms with Crippen molar-refractivity contribution in [3.8, 4) is 0 Å². The summed E-state index contributed by atoms with van der Waals surface area (Å²) in [6.45, 7) is 0. The van der Waals surface area contributed by atoms with E-state index in [9.17, 15) is 13.9 Å². The third kappa shape index (κ3) is 3.03. The smallest absolute Gasteiger partial charge is 0.162 e. The molecule has 0 bridgehead atoms. The Bertz CT molecular complexity index is 372.